The number of allylic oxidation sites excluding steroid dienone is 1. The summed E-state index contributed by atoms with van der Waals surface area (Å²) < 4.78 is 0. The Kier molecular flexibility index (Phi) is 3.86. The minimum absolute atomic E-state index is 0.215. The molecule has 2 rings (SSSR count). The highest BCUT2D eigenvalue weighted by Crippen LogP contribution is 2.37. The molecular weight excluding hydrogens is 294 g/mol. The van der Waals surface area contributed by atoms with Gasteiger partial charge in [-0.1, -0.05) is 0 Å². The molecule has 0 amide bonds. The summed E-state index contributed by atoms with van der Waals surface area (Å²) in [5.74, 6) is -1.43. The van der Waals surface area contributed by atoms with E-state index in [1.807, 2.05) is 6.07 Å². The third-order valence-corrected chi connectivity index (χ3v) is 3.56. The maximum atomic E-state index is 10.8. The van der Waals surface area contributed by atoms with Crippen molar-refractivity contribution in [2.45, 2.75) is 6.92 Å². The van der Waals surface area contributed by atoms with Crippen LogP contribution in [0.1, 0.15) is 16.3 Å². The van der Waals surface area contributed by atoms with Crippen molar-refractivity contribution in [1.82, 2.24) is 4.98 Å². The van der Waals surface area contributed by atoms with Crippen molar-refractivity contribution in [3.05, 3.63) is 43.9 Å². The first kappa shape index (κ1) is 14.5. The minimum atomic E-state index is -0.814. The summed E-state index contributed by atoms with van der Waals surface area (Å²) in [6, 6.07) is 4.17. The van der Waals surface area contributed by atoms with Gasteiger partial charge in [0.25, 0.3) is 0 Å². The van der Waals surface area contributed by atoms with Crippen molar-refractivity contribution in [3.8, 4) is 17.6 Å². The lowest BCUT2D eigenvalue weighted by Crippen LogP contribution is -1.90. The molecule has 0 fully saturated rings. The van der Waals surface area contributed by atoms with Gasteiger partial charge in [-0.3, -0.25) is 10.1 Å². The van der Waals surface area contributed by atoms with E-state index in [1.165, 1.54) is 17.4 Å². The second-order valence-electron chi connectivity index (χ2n) is 4.13. The van der Waals surface area contributed by atoms with Crippen LogP contribution in [0.15, 0.2) is 17.5 Å². The average molecular weight is 303 g/mol. The number of hydrogen-bond donors (Lipinski definition) is 2. The second kappa shape index (κ2) is 5.60. The van der Waals surface area contributed by atoms with Crippen LogP contribution in [0, 0.1) is 28.4 Å². The van der Waals surface area contributed by atoms with Crippen LogP contribution in [0.25, 0.3) is 11.6 Å². The highest BCUT2D eigenvalue weighted by Gasteiger charge is 2.18. The maximum Gasteiger partial charge on any atom is 0.315 e. The van der Waals surface area contributed by atoms with Gasteiger partial charge in [0.1, 0.15) is 11.1 Å². The molecule has 21 heavy (non-hydrogen) atoms. The fourth-order valence-electron chi connectivity index (χ4n) is 1.63. The zero-order valence-electron chi connectivity index (χ0n) is 10.8. The van der Waals surface area contributed by atoms with E-state index in [4.69, 9.17) is 5.26 Å². The Morgan fingerprint density at radius 3 is 2.76 bits per heavy atom. The minimum Gasteiger partial charge on any atom is -0.504 e. The van der Waals surface area contributed by atoms with Gasteiger partial charge in [-0.05, 0) is 24.6 Å². The Morgan fingerprint density at radius 1 is 1.52 bits per heavy atom. The van der Waals surface area contributed by atoms with Gasteiger partial charge in [0.05, 0.1) is 10.5 Å². The predicted octanol–water partition coefficient (Wildman–Crippen LogP) is 2.84. The molecular formula is C13H9N3O4S. The molecule has 1 aromatic carbocycles. The van der Waals surface area contributed by atoms with Crippen LogP contribution in [0.4, 0.5) is 5.69 Å². The molecule has 0 aliphatic heterocycles. The Morgan fingerprint density at radius 2 is 2.24 bits per heavy atom. The first-order valence-corrected chi connectivity index (χ1v) is 6.55. The van der Waals surface area contributed by atoms with Crippen LogP contribution in [-0.2, 0) is 0 Å². The molecule has 0 unspecified atom stereocenters. The Balaban J connectivity index is 2.54. The topological polar surface area (TPSA) is 120 Å². The van der Waals surface area contributed by atoms with Crippen LogP contribution in [0.2, 0.25) is 0 Å². The van der Waals surface area contributed by atoms with Crippen molar-refractivity contribution >= 4 is 28.7 Å². The summed E-state index contributed by atoms with van der Waals surface area (Å²) in [7, 11) is 0. The number of nitro groups is 1. The average Bonchev–Trinajstić information content (AvgIpc) is 2.85. The number of aryl methyl sites for hydroxylation is 1. The number of nitro benzene ring substituents is 1. The van der Waals surface area contributed by atoms with Gasteiger partial charge >= 0.3 is 5.69 Å². The summed E-state index contributed by atoms with van der Waals surface area (Å²) in [5.41, 5.74) is 0.568. The van der Waals surface area contributed by atoms with Gasteiger partial charge < -0.3 is 10.2 Å². The zero-order valence-corrected chi connectivity index (χ0v) is 11.6. The molecule has 0 spiro atoms. The fraction of sp³-hybridized carbons (Fsp3) is 0.0769. The SMILES string of the molecule is Cc1csc(/C(C#N)=C/c2cc(O)c(O)c([N+](=O)[O-])c2)n1. The largest absolute Gasteiger partial charge is 0.504 e. The number of benzene rings is 1. The molecule has 0 saturated carbocycles. The van der Waals surface area contributed by atoms with E-state index in [0.29, 0.717) is 5.01 Å². The number of nitriles is 1. The van der Waals surface area contributed by atoms with E-state index in [1.54, 1.807) is 12.3 Å². The lowest BCUT2D eigenvalue weighted by molar-refractivity contribution is -0.386. The number of hydrogen-bond acceptors (Lipinski definition) is 7. The monoisotopic (exact) mass is 303 g/mol. The summed E-state index contributed by atoms with van der Waals surface area (Å²) in [5, 5.41) is 41.1. The number of rotatable bonds is 3. The number of aromatic nitrogens is 1. The molecule has 0 atom stereocenters. The molecule has 7 nitrogen and oxygen atoms in total. The number of phenolic OH excluding ortho intramolecular Hbond substituents is 2. The van der Waals surface area contributed by atoms with Gasteiger partial charge in [0.2, 0.25) is 5.75 Å². The molecule has 0 radical (unpaired) electrons. The highest BCUT2D eigenvalue weighted by atomic mass is 32.1. The lowest BCUT2D eigenvalue weighted by Gasteiger charge is -2.01. The predicted molar refractivity (Wildman–Crippen MR) is 76.8 cm³/mol. The number of aromatic hydroxyl groups is 2. The van der Waals surface area contributed by atoms with Gasteiger partial charge in [-0.15, -0.1) is 11.3 Å². The van der Waals surface area contributed by atoms with Crippen molar-refractivity contribution in [3.63, 3.8) is 0 Å². The van der Waals surface area contributed by atoms with Gasteiger partial charge in [0, 0.05) is 17.1 Å². The first-order chi connectivity index (χ1) is 9.92. The standard InChI is InChI=1S/C13H9N3O4S/c1-7-6-21-13(15-7)9(5-14)2-8-3-10(16(19)20)12(18)11(17)4-8/h2-4,6,17-18H,1H3/b9-2+. The van der Waals surface area contributed by atoms with E-state index in [2.05, 4.69) is 4.98 Å². The molecule has 0 saturated heterocycles. The normalized spacial score (nSPS) is 11.1. The van der Waals surface area contributed by atoms with E-state index in [-0.39, 0.29) is 11.1 Å². The molecule has 0 aliphatic rings. The van der Waals surface area contributed by atoms with E-state index >= 15 is 0 Å². The molecule has 8 heteroatoms. The highest BCUT2D eigenvalue weighted by molar-refractivity contribution is 7.11. The van der Waals surface area contributed by atoms with Crippen LogP contribution in [-0.4, -0.2) is 20.1 Å². The van der Waals surface area contributed by atoms with Crippen LogP contribution >= 0.6 is 11.3 Å². The Bertz CT molecular complexity index is 789. The quantitative estimate of drug-likeness (QED) is 0.389. The summed E-state index contributed by atoms with van der Waals surface area (Å²) in [4.78, 5) is 14.1. The zero-order chi connectivity index (χ0) is 15.6. The molecule has 1 aromatic heterocycles. The number of thiazole rings is 1. The summed E-state index contributed by atoms with van der Waals surface area (Å²) in [6.07, 6.45) is 1.37. The van der Waals surface area contributed by atoms with E-state index in [9.17, 15) is 20.3 Å². The van der Waals surface area contributed by atoms with Crippen molar-refractivity contribution in [1.29, 1.82) is 5.26 Å². The third kappa shape index (κ3) is 2.98. The molecule has 0 aliphatic carbocycles. The lowest BCUT2D eigenvalue weighted by atomic mass is 10.1. The molecule has 2 aromatic rings. The first-order valence-electron chi connectivity index (χ1n) is 5.67. The molecule has 1 heterocycles. The van der Waals surface area contributed by atoms with Crippen LogP contribution in [0.3, 0.4) is 0 Å². The fourth-order valence-corrected chi connectivity index (χ4v) is 2.40. The molecule has 0 bridgehead atoms. The number of nitrogens with zero attached hydrogens (tertiary/aromatic N) is 3. The molecule has 2 N–H and O–H groups in total. The van der Waals surface area contributed by atoms with Crippen molar-refractivity contribution in [2.75, 3.05) is 0 Å². The van der Waals surface area contributed by atoms with Crippen molar-refractivity contribution < 1.29 is 15.1 Å². The van der Waals surface area contributed by atoms with Crippen LogP contribution < -0.4 is 0 Å². The smallest absolute Gasteiger partial charge is 0.315 e. The van der Waals surface area contributed by atoms with Crippen molar-refractivity contribution in [2.24, 2.45) is 0 Å². The van der Waals surface area contributed by atoms with Gasteiger partial charge in [-0.25, -0.2) is 4.98 Å². The van der Waals surface area contributed by atoms with Gasteiger partial charge in [-0.2, -0.15) is 5.26 Å². The maximum absolute atomic E-state index is 10.8. The van der Waals surface area contributed by atoms with E-state index in [0.717, 1.165) is 17.8 Å². The van der Waals surface area contributed by atoms with Gasteiger partial charge in [0.15, 0.2) is 5.75 Å². The summed E-state index contributed by atoms with van der Waals surface area (Å²) in [6.45, 7) is 1.78. The van der Waals surface area contributed by atoms with Crippen LogP contribution in [0.5, 0.6) is 11.5 Å². The third-order valence-electron chi connectivity index (χ3n) is 2.57. The van der Waals surface area contributed by atoms with E-state index < -0.39 is 22.1 Å². The second-order valence-corrected chi connectivity index (χ2v) is 4.99. The molecule has 106 valence electrons. The number of phenols is 2. The Labute approximate surface area is 123 Å². The Hall–Kier alpha value is -2.92. The summed E-state index contributed by atoms with van der Waals surface area (Å²) >= 11 is 1.27.